The van der Waals surface area contributed by atoms with Crippen molar-refractivity contribution in [2.45, 2.75) is 11.7 Å². The summed E-state index contributed by atoms with van der Waals surface area (Å²) < 4.78 is 22.6. The molecule has 1 atom stereocenters. The van der Waals surface area contributed by atoms with Gasteiger partial charge in [0.25, 0.3) is 11.4 Å². The van der Waals surface area contributed by atoms with Gasteiger partial charge in [-0.2, -0.15) is 0 Å². The van der Waals surface area contributed by atoms with Gasteiger partial charge in [0.05, 0.1) is 9.85 Å². The number of nitrogens with zero attached hydrogens (tertiary/aromatic N) is 3. The van der Waals surface area contributed by atoms with E-state index >= 15 is 0 Å². The monoisotopic (exact) mass is 349 g/mol. The highest BCUT2D eigenvalue weighted by Gasteiger charge is 2.43. The molecule has 1 fully saturated rings. The highest BCUT2D eigenvalue weighted by atomic mass is 35.7. The summed E-state index contributed by atoms with van der Waals surface area (Å²) in [6.45, 7) is -0.476. The molecular weight excluding hydrogens is 342 g/mol. The fourth-order valence-corrected chi connectivity index (χ4v) is 3.20. The number of halogens is 1. The van der Waals surface area contributed by atoms with E-state index in [0.29, 0.717) is 0 Å². The van der Waals surface area contributed by atoms with Gasteiger partial charge < -0.3 is 0 Å². The van der Waals surface area contributed by atoms with Crippen molar-refractivity contribution in [1.29, 1.82) is 0 Å². The molecule has 0 radical (unpaired) electrons. The smallest absolute Gasteiger partial charge is 0.299 e. The molecule has 10 nitrogen and oxygen atoms in total. The maximum absolute atomic E-state index is 11.9. The average Bonchev–Trinajstić information content (AvgIpc) is 2.79. The maximum atomic E-state index is 11.9. The lowest BCUT2D eigenvalue weighted by Crippen LogP contribution is -2.28. The molecule has 1 amide bonds. The first-order valence-electron chi connectivity index (χ1n) is 5.78. The van der Waals surface area contributed by atoms with Gasteiger partial charge >= 0.3 is 0 Å². The lowest BCUT2D eigenvalue weighted by atomic mass is 10.2. The lowest BCUT2D eigenvalue weighted by Gasteiger charge is -2.16. The predicted molar refractivity (Wildman–Crippen MR) is 75.3 cm³/mol. The predicted octanol–water partition coefficient (Wildman–Crippen LogP) is 1.18. The summed E-state index contributed by atoms with van der Waals surface area (Å²) >= 11 is 0. The van der Waals surface area contributed by atoms with E-state index in [4.69, 9.17) is 10.7 Å². The van der Waals surface area contributed by atoms with E-state index in [-0.39, 0.29) is 0 Å². The van der Waals surface area contributed by atoms with Crippen LogP contribution < -0.4 is 4.90 Å². The minimum Gasteiger partial charge on any atom is -0.299 e. The number of amides is 1. The number of nitro benzene ring substituents is 2. The van der Waals surface area contributed by atoms with Crippen LogP contribution in [0.15, 0.2) is 18.2 Å². The van der Waals surface area contributed by atoms with Crippen LogP contribution in [-0.4, -0.2) is 36.0 Å². The van der Waals surface area contributed by atoms with E-state index in [0.717, 1.165) is 23.1 Å². The van der Waals surface area contributed by atoms with Gasteiger partial charge in [-0.15, -0.1) is 0 Å². The van der Waals surface area contributed by atoms with Crippen LogP contribution in [0.4, 0.5) is 17.1 Å². The molecular formula is C10H8ClN3O7S. The molecule has 1 saturated heterocycles. The number of anilines is 1. The molecule has 0 aliphatic carbocycles. The molecule has 1 heterocycles. The molecule has 1 aliphatic heterocycles. The van der Waals surface area contributed by atoms with E-state index in [1.165, 1.54) is 0 Å². The van der Waals surface area contributed by atoms with E-state index in [9.17, 15) is 33.4 Å². The van der Waals surface area contributed by atoms with Gasteiger partial charge in [-0.3, -0.25) is 29.9 Å². The van der Waals surface area contributed by atoms with E-state index in [1.54, 1.807) is 0 Å². The molecule has 1 aliphatic rings. The van der Waals surface area contributed by atoms with E-state index in [1.807, 2.05) is 0 Å². The molecule has 22 heavy (non-hydrogen) atoms. The summed E-state index contributed by atoms with van der Waals surface area (Å²) in [7, 11) is 1.12. The zero-order valence-electron chi connectivity index (χ0n) is 10.7. The summed E-state index contributed by atoms with van der Waals surface area (Å²) in [4.78, 5) is 33.0. The first kappa shape index (κ1) is 16.1. The highest BCUT2D eigenvalue weighted by molar-refractivity contribution is 8.14. The summed E-state index contributed by atoms with van der Waals surface area (Å²) in [5, 5.41) is 20.8. The molecule has 0 saturated carbocycles. The van der Waals surface area contributed by atoms with Gasteiger partial charge in [0.1, 0.15) is 5.25 Å². The first-order valence-corrected chi connectivity index (χ1v) is 8.15. The molecule has 1 aromatic rings. The van der Waals surface area contributed by atoms with E-state index < -0.39 is 60.1 Å². The van der Waals surface area contributed by atoms with Gasteiger partial charge in [-0.25, -0.2) is 8.42 Å². The normalized spacial score (nSPS) is 18.5. The number of hydrogen-bond donors (Lipinski definition) is 0. The van der Waals surface area contributed by atoms with Crippen LogP contribution in [0, 0.1) is 20.2 Å². The van der Waals surface area contributed by atoms with Crippen LogP contribution in [0.2, 0.25) is 0 Å². The van der Waals surface area contributed by atoms with Gasteiger partial charge in [0.2, 0.25) is 20.6 Å². The second-order valence-electron chi connectivity index (χ2n) is 4.47. The molecule has 1 aromatic carbocycles. The van der Waals surface area contributed by atoms with Crippen molar-refractivity contribution < 1.29 is 23.1 Å². The number of hydrogen-bond acceptors (Lipinski definition) is 7. The Bertz CT molecular complexity index is 746. The highest BCUT2D eigenvalue weighted by Crippen LogP contribution is 2.40. The number of rotatable bonds is 4. The third kappa shape index (κ3) is 2.85. The zero-order valence-corrected chi connectivity index (χ0v) is 12.3. The average molecular weight is 350 g/mol. The molecule has 0 bridgehead atoms. The molecule has 0 spiro atoms. The fourth-order valence-electron chi connectivity index (χ4n) is 2.17. The summed E-state index contributed by atoms with van der Waals surface area (Å²) in [5.74, 6) is -0.786. The topological polar surface area (TPSA) is 141 Å². The van der Waals surface area contributed by atoms with Gasteiger partial charge in [0.15, 0.2) is 0 Å². The van der Waals surface area contributed by atoms with Crippen LogP contribution in [0.5, 0.6) is 0 Å². The van der Waals surface area contributed by atoms with Crippen molar-refractivity contribution in [2.75, 3.05) is 11.4 Å². The van der Waals surface area contributed by atoms with Gasteiger partial charge in [-0.1, -0.05) is 0 Å². The molecule has 1 unspecified atom stereocenters. The largest absolute Gasteiger partial charge is 0.300 e. The van der Waals surface area contributed by atoms with E-state index in [2.05, 4.69) is 0 Å². The quantitative estimate of drug-likeness (QED) is 0.451. The first-order chi connectivity index (χ1) is 10.1. The third-order valence-electron chi connectivity index (χ3n) is 3.14. The van der Waals surface area contributed by atoms with Crippen molar-refractivity contribution in [1.82, 2.24) is 0 Å². The van der Waals surface area contributed by atoms with Crippen molar-refractivity contribution in [3.63, 3.8) is 0 Å². The Morgan fingerprint density at radius 2 is 1.68 bits per heavy atom. The Balaban J connectivity index is 2.59. The van der Waals surface area contributed by atoms with Crippen molar-refractivity contribution in [3.05, 3.63) is 38.4 Å². The Hall–Kier alpha value is -2.27. The standard InChI is InChI=1S/C10H8ClN3O7S/c11-22(20,21)6-4-9(15)12(5-6)10-7(13(16)17)2-1-3-8(10)14(18)19/h1-3,6H,4-5H2. The maximum Gasteiger partial charge on any atom is 0.300 e. The number of nitro groups is 2. The van der Waals surface area contributed by atoms with Crippen LogP contribution in [-0.2, 0) is 13.8 Å². The van der Waals surface area contributed by atoms with Crippen LogP contribution in [0.1, 0.15) is 6.42 Å². The number of benzene rings is 1. The van der Waals surface area contributed by atoms with Crippen molar-refractivity contribution in [3.8, 4) is 0 Å². The second-order valence-corrected chi connectivity index (χ2v) is 7.37. The number of carbonyl (C=O) groups excluding carboxylic acids is 1. The summed E-state index contributed by atoms with van der Waals surface area (Å²) in [6, 6.07) is 3.10. The Kier molecular flexibility index (Phi) is 4.02. The second kappa shape index (κ2) is 5.50. The minimum absolute atomic E-state index is 0.476. The van der Waals surface area contributed by atoms with Crippen molar-refractivity contribution >= 4 is 42.7 Å². The number of carbonyl (C=O) groups is 1. The zero-order chi connectivity index (χ0) is 16.7. The number of para-hydroxylation sites is 1. The van der Waals surface area contributed by atoms with Gasteiger partial charge in [0, 0.05) is 35.8 Å². The fraction of sp³-hybridized carbons (Fsp3) is 0.300. The minimum atomic E-state index is -4.07. The third-order valence-corrected chi connectivity index (χ3v) is 5.01. The molecule has 0 aromatic heterocycles. The van der Waals surface area contributed by atoms with Crippen LogP contribution >= 0.6 is 10.7 Å². The molecule has 12 heteroatoms. The molecule has 118 valence electrons. The van der Waals surface area contributed by atoms with Gasteiger partial charge in [-0.05, 0) is 6.07 Å². The Labute approximate surface area is 128 Å². The Morgan fingerprint density at radius 3 is 2.05 bits per heavy atom. The summed E-state index contributed by atoms with van der Waals surface area (Å²) in [5.41, 5.74) is -1.85. The Morgan fingerprint density at radius 1 is 1.18 bits per heavy atom. The SMILES string of the molecule is O=C1CC(S(=O)(=O)Cl)CN1c1c([N+](=O)[O-])cccc1[N+](=O)[O-]. The molecule has 2 rings (SSSR count). The van der Waals surface area contributed by atoms with Crippen LogP contribution in [0.25, 0.3) is 0 Å². The lowest BCUT2D eigenvalue weighted by molar-refractivity contribution is -0.392. The van der Waals surface area contributed by atoms with Crippen molar-refractivity contribution in [2.24, 2.45) is 0 Å². The summed E-state index contributed by atoms with van der Waals surface area (Å²) in [6.07, 6.45) is -0.491. The molecule has 0 N–H and O–H groups in total. The van der Waals surface area contributed by atoms with Crippen LogP contribution in [0.3, 0.4) is 0 Å².